The summed E-state index contributed by atoms with van der Waals surface area (Å²) in [4.78, 5) is 30.7. The van der Waals surface area contributed by atoms with Gasteiger partial charge in [-0.05, 0) is 29.8 Å². The number of urea groups is 2. The number of fused-ring (bicyclic) bond motifs is 1. The maximum absolute atomic E-state index is 13.9. The van der Waals surface area contributed by atoms with Crippen molar-refractivity contribution in [3.05, 3.63) is 66.0 Å². The summed E-state index contributed by atoms with van der Waals surface area (Å²) in [6.07, 6.45) is 0. The van der Waals surface area contributed by atoms with Crippen LogP contribution < -0.4 is 5.32 Å². The largest absolute Gasteiger partial charge is 0.331 e. The van der Waals surface area contributed by atoms with E-state index in [2.05, 4.69) is 5.32 Å². The number of likely N-dealkylation sites (tertiary alicyclic amines) is 2. The fourth-order valence-corrected chi connectivity index (χ4v) is 4.51. The average molecular weight is 396 g/mol. The van der Waals surface area contributed by atoms with Gasteiger partial charge in [0.2, 0.25) is 0 Å². The lowest BCUT2D eigenvalue weighted by Gasteiger charge is -2.32. The summed E-state index contributed by atoms with van der Waals surface area (Å²) in [5, 5.41) is 2.93. The molecule has 0 radical (unpaired) electrons. The van der Waals surface area contributed by atoms with Crippen molar-refractivity contribution in [2.75, 3.05) is 39.0 Å². The van der Waals surface area contributed by atoms with E-state index in [0.717, 1.165) is 11.3 Å². The van der Waals surface area contributed by atoms with Crippen molar-refractivity contribution >= 4 is 17.7 Å². The Labute approximate surface area is 169 Å². The first-order valence-corrected chi connectivity index (χ1v) is 9.78. The summed E-state index contributed by atoms with van der Waals surface area (Å²) in [6, 6.07) is 15.3. The number of benzene rings is 2. The van der Waals surface area contributed by atoms with Gasteiger partial charge in [0.15, 0.2) is 0 Å². The molecule has 2 fully saturated rings. The molecule has 6 nitrogen and oxygen atoms in total. The number of carbonyl (C=O) groups excluding carboxylic acids is 2. The second-order valence-electron chi connectivity index (χ2n) is 7.95. The fraction of sp³-hybridized carbons (Fsp3) is 0.364. The normalized spacial score (nSPS) is 23.1. The summed E-state index contributed by atoms with van der Waals surface area (Å²) < 4.78 is 13.9. The first kappa shape index (κ1) is 19.2. The summed E-state index contributed by atoms with van der Waals surface area (Å²) in [7, 11) is 3.44. The number of hydrogen-bond donors (Lipinski definition) is 1. The van der Waals surface area contributed by atoms with Crippen LogP contribution in [-0.4, -0.2) is 60.5 Å². The molecule has 2 aliphatic rings. The van der Waals surface area contributed by atoms with Crippen LogP contribution in [0.4, 0.5) is 19.7 Å². The van der Waals surface area contributed by atoms with E-state index in [4.69, 9.17) is 0 Å². The number of hydrogen-bond acceptors (Lipinski definition) is 2. The highest BCUT2D eigenvalue weighted by Gasteiger charge is 2.50. The van der Waals surface area contributed by atoms with Crippen molar-refractivity contribution < 1.29 is 14.0 Å². The Morgan fingerprint density at radius 2 is 1.79 bits per heavy atom. The molecule has 2 saturated heterocycles. The first-order valence-electron chi connectivity index (χ1n) is 9.78. The Balaban J connectivity index is 1.55. The zero-order chi connectivity index (χ0) is 20.5. The number of nitrogens with one attached hydrogen (secondary N) is 1. The van der Waals surface area contributed by atoms with E-state index in [1.54, 1.807) is 30.0 Å². The van der Waals surface area contributed by atoms with Gasteiger partial charge in [0.25, 0.3) is 0 Å². The lowest BCUT2D eigenvalue weighted by molar-refractivity contribution is 0.154. The molecule has 1 N–H and O–H groups in total. The van der Waals surface area contributed by atoms with Crippen molar-refractivity contribution in [1.29, 1.82) is 0 Å². The monoisotopic (exact) mass is 396 g/mol. The lowest BCUT2D eigenvalue weighted by Crippen LogP contribution is -2.42. The van der Waals surface area contributed by atoms with Crippen LogP contribution in [0, 0.1) is 17.7 Å². The Hall–Kier alpha value is -3.09. The van der Waals surface area contributed by atoms with Gasteiger partial charge in [-0.3, -0.25) is 0 Å². The van der Waals surface area contributed by atoms with Gasteiger partial charge in [-0.15, -0.1) is 0 Å². The highest BCUT2D eigenvalue weighted by atomic mass is 19.1. The zero-order valence-corrected chi connectivity index (χ0v) is 16.6. The van der Waals surface area contributed by atoms with Crippen molar-refractivity contribution in [2.24, 2.45) is 11.8 Å². The third-order valence-electron chi connectivity index (χ3n) is 5.79. The van der Waals surface area contributed by atoms with E-state index >= 15 is 0 Å². The maximum atomic E-state index is 13.9. The number of nitrogens with zero attached hydrogens (tertiary/aromatic N) is 3. The first-order chi connectivity index (χ1) is 13.9. The van der Waals surface area contributed by atoms with E-state index in [1.807, 2.05) is 41.3 Å². The van der Waals surface area contributed by atoms with Crippen LogP contribution in [-0.2, 0) is 0 Å². The number of rotatable bonds is 2. The van der Waals surface area contributed by atoms with Gasteiger partial charge < -0.3 is 20.0 Å². The molecule has 152 valence electrons. The molecule has 4 amide bonds. The van der Waals surface area contributed by atoms with Crippen LogP contribution in [0.25, 0.3) is 0 Å². The SMILES string of the molecule is CN(C)C(=O)N1C[C@H]2CN(C(=O)Nc3ccccc3)C[C@H]2[C@H]1c1cccc(F)c1. The predicted molar refractivity (Wildman–Crippen MR) is 109 cm³/mol. The lowest BCUT2D eigenvalue weighted by atomic mass is 9.89. The second kappa shape index (κ2) is 7.73. The average Bonchev–Trinajstić information content (AvgIpc) is 3.26. The molecular weight excluding hydrogens is 371 g/mol. The number of carbonyl (C=O) groups is 2. The standard InChI is InChI=1S/C22H25FN4O2/c1-25(2)22(29)27-13-16-12-26(21(28)24-18-9-4-3-5-10-18)14-19(16)20(27)15-7-6-8-17(23)11-15/h3-11,16,19-20H,12-14H2,1-2H3,(H,24,28)/t16-,19-,20-/m1/s1. The molecule has 0 aromatic heterocycles. The molecule has 29 heavy (non-hydrogen) atoms. The highest BCUT2D eigenvalue weighted by molar-refractivity contribution is 5.89. The van der Waals surface area contributed by atoms with Gasteiger partial charge >= 0.3 is 12.1 Å². The van der Waals surface area contributed by atoms with Crippen LogP contribution in [0.3, 0.4) is 0 Å². The van der Waals surface area contributed by atoms with Gasteiger partial charge in [-0.2, -0.15) is 0 Å². The van der Waals surface area contributed by atoms with Crippen molar-refractivity contribution in [2.45, 2.75) is 6.04 Å². The molecule has 7 heteroatoms. The van der Waals surface area contributed by atoms with E-state index in [0.29, 0.717) is 19.6 Å². The highest BCUT2D eigenvalue weighted by Crippen LogP contribution is 2.45. The number of anilines is 1. The molecule has 0 bridgehead atoms. The zero-order valence-electron chi connectivity index (χ0n) is 16.6. The van der Waals surface area contributed by atoms with Crippen LogP contribution in [0.15, 0.2) is 54.6 Å². The van der Waals surface area contributed by atoms with E-state index in [9.17, 15) is 14.0 Å². The van der Waals surface area contributed by atoms with Gasteiger partial charge in [0.05, 0.1) is 6.04 Å². The number of halogens is 1. The van der Waals surface area contributed by atoms with Crippen LogP contribution in [0.1, 0.15) is 11.6 Å². The minimum atomic E-state index is -0.320. The second-order valence-corrected chi connectivity index (χ2v) is 7.95. The van der Waals surface area contributed by atoms with Crippen molar-refractivity contribution in [3.8, 4) is 0 Å². The Bertz CT molecular complexity index is 905. The topological polar surface area (TPSA) is 55.9 Å². The summed E-state index contributed by atoms with van der Waals surface area (Å²) >= 11 is 0. The quantitative estimate of drug-likeness (QED) is 0.843. The van der Waals surface area contributed by atoms with Crippen LogP contribution in [0.2, 0.25) is 0 Å². The van der Waals surface area contributed by atoms with Crippen molar-refractivity contribution in [3.63, 3.8) is 0 Å². The molecule has 2 heterocycles. The third kappa shape index (κ3) is 3.77. The number of amides is 4. The molecule has 2 aliphatic heterocycles. The summed E-state index contributed by atoms with van der Waals surface area (Å²) in [5.41, 5.74) is 1.53. The summed E-state index contributed by atoms with van der Waals surface area (Å²) in [6.45, 7) is 1.66. The molecule has 2 aromatic carbocycles. The van der Waals surface area contributed by atoms with Gasteiger partial charge in [0, 0.05) is 51.3 Å². The molecule has 0 saturated carbocycles. The molecule has 0 spiro atoms. The smallest absolute Gasteiger partial charge is 0.321 e. The van der Waals surface area contributed by atoms with E-state index < -0.39 is 0 Å². The molecule has 2 aromatic rings. The third-order valence-corrected chi connectivity index (χ3v) is 5.79. The Morgan fingerprint density at radius 1 is 1.03 bits per heavy atom. The van der Waals surface area contributed by atoms with E-state index in [-0.39, 0.29) is 35.8 Å². The molecular formula is C22H25FN4O2. The molecule has 4 rings (SSSR count). The van der Waals surface area contributed by atoms with E-state index in [1.165, 1.54) is 12.1 Å². The fourth-order valence-electron chi connectivity index (χ4n) is 4.51. The summed E-state index contributed by atoms with van der Waals surface area (Å²) in [5.74, 6) is -0.0872. The predicted octanol–water partition coefficient (Wildman–Crippen LogP) is 3.64. The molecule has 0 aliphatic carbocycles. The van der Waals surface area contributed by atoms with Gasteiger partial charge in [0.1, 0.15) is 5.82 Å². The Kier molecular flexibility index (Phi) is 5.13. The van der Waals surface area contributed by atoms with Crippen molar-refractivity contribution in [1.82, 2.24) is 14.7 Å². The maximum Gasteiger partial charge on any atom is 0.321 e. The van der Waals surface area contributed by atoms with Gasteiger partial charge in [-0.25, -0.2) is 14.0 Å². The molecule has 3 atom stereocenters. The molecule has 0 unspecified atom stereocenters. The minimum Gasteiger partial charge on any atom is -0.331 e. The minimum absolute atomic E-state index is 0.0715. The number of para-hydroxylation sites is 1. The van der Waals surface area contributed by atoms with Gasteiger partial charge in [-0.1, -0.05) is 30.3 Å². The Morgan fingerprint density at radius 3 is 2.48 bits per heavy atom. The van der Waals surface area contributed by atoms with Crippen LogP contribution in [0.5, 0.6) is 0 Å². The van der Waals surface area contributed by atoms with Crippen LogP contribution >= 0.6 is 0 Å².